The molecule has 128 valence electrons. The van der Waals surface area contributed by atoms with E-state index < -0.39 is 6.10 Å². The molecule has 1 saturated heterocycles. The first-order valence-electron chi connectivity index (χ1n) is 7.97. The molecule has 0 bridgehead atoms. The van der Waals surface area contributed by atoms with Crippen molar-refractivity contribution in [2.24, 2.45) is 7.05 Å². The zero-order valence-electron chi connectivity index (χ0n) is 13.9. The van der Waals surface area contributed by atoms with E-state index in [0.717, 1.165) is 18.8 Å². The molecule has 3 rings (SSSR count). The number of halogens is 1. The second kappa shape index (κ2) is 7.13. The first kappa shape index (κ1) is 16.6. The Kier molecular flexibility index (Phi) is 4.94. The summed E-state index contributed by atoms with van der Waals surface area (Å²) in [5.41, 5.74) is 1.09. The van der Waals surface area contributed by atoms with Gasteiger partial charge in [-0.25, -0.2) is 0 Å². The summed E-state index contributed by atoms with van der Waals surface area (Å²) in [6, 6.07) is 7.10. The molecule has 0 radical (unpaired) electrons. The Morgan fingerprint density at radius 1 is 1.29 bits per heavy atom. The van der Waals surface area contributed by atoms with Crippen LogP contribution >= 0.6 is 11.6 Å². The number of nitrogens with zero attached hydrogens (tertiary/aromatic N) is 4. The van der Waals surface area contributed by atoms with E-state index in [0.29, 0.717) is 23.9 Å². The first-order chi connectivity index (χ1) is 11.5. The summed E-state index contributed by atoms with van der Waals surface area (Å²) in [6.45, 7) is 4.72. The van der Waals surface area contributed by atoms with Crippen molar-refractivity contribution in [1.82, 2.24) is 14.7 Å². The number of benzene rings is 1. The molecule has 2 heterocycles. The molecule has 0 spiro atoms. The predicted octanol–water partition coefficient (Wildman–Crippen LogP) is 2.19. The van der Waals surface area contributed by atoms with Crippen molar-refractivity contribution in [2.75, 3.05) is 31.1 Å². The molecule has 1 aliphatic heterocycles. The summed E-state index contributed by atoms with van der Waals surface area (Å²) in [5.74, 6) is 0.609. The third-order valence-electron chi connectivity index (χ3n) is 4.10. The molecule has 1 amide bonds. The SMILES string of the molecule is C[C@H](Oc1cccc(Cl)c1)C(=O)N1CCN(c2cnn(C)c2)CC1. The molecule has 1 aliphatic rings. The first-order valence-corrected chi connectivity index (χ1v) is 8.35. The van der Waals surface area contributed by atoms with Crippen molar-refractivity contribution in [3.8, 4) is 5.75 Å². The largest absolute Gasteiger partial charge is 0.481 e. The number of aryl methyl sites for hydroxylation is 1. The molecule has 0 saturated carbocycles. The normalized spacial score (nSPS) is 16.1. The number of hydrogen-bond acceptors (Lipinski definition) is 4. The maximum Gasteiger partial charge on any atom is 0.263 e. The van der Waals surface area contributed by atoms with Crippen LogP contribution in [0, 0.1) is 0 Å². The maximum absolute atomic E-state index is 12.6. The van der Waals surface area contributed by atoms with Crippen LogP contribution in [-0.4, -0.2) is 52.9 Å². The Labute approximate surface area is 146 Å². The third kappa shape index (κ3) is 3.82. The van der Waals surface area contributed by atoms with Crippen molar-refractivity contribution >= 4 is 23.2 Å². The van der Waals surface area contributed by atoms with Gasteiger partial charge in [-0.15, -0.1) is 0 Å². The van der Waals surface area contributed by atoms with Crippen LogP contribution in [0.1, 0.15) is 6.92 Å². The van der Waals surface area contributed by atoms with Gasteiger partial charge in [-0.05, 0) is 25.1 Å². The zero-order valence-corrected chi connectivity index (χ0v) is 14.6. The number of aromatic nitrogens is 2. The minimum absolute atomic E-state index is 0.000752. The highest BCUT2D eigenvalue weighted by atomic mass is 35.5. The lowest BCUT2D eigenvalue weighted by molar-refractivity contribution is -0.138. The summed E-state index contributed by atoms with van der Waals surface area (Å²) in [4.78, 5) is 16.7. The summed E-state index contributed by atoms with van der Waals surface area (Å²) in [7, 11) is 1.90. The van der Waals surface area contributed by atoms with Crippen molar-refractivity contribution in [2.45, 2.75) is 13.0 Å². The van der Waals surface area contributed by atoms with Crippen LogP contribution in [-0.2, 0) is 11.8 Å². The Bertz CT molecular complexity index is 710. The average Bonchev–Trinajstić information content (AvgIpc) is 3.01. The van der Waals surface area contributed by atoms with Crippen molar-refractivity contribution in [3.05, 3.63) is 41.7 Å². The van der Waals surface area contributed by atoms with Crippen LogP contribution in [0.25, 0.3) is 0 Å². The molecular weight excluding hydrogens is 328 g/mol. The quantitative estimate of drug-likeness (QED) is 0.850. The Morgan fingerprint density at radius 3 is 2.67 bits per heavy atom. The van der Waals surface area contributed by atoms with Gasteiger partial charge in [-0.3, -0.25) is 9.48 Å². The van der Waals surface area contributed by atoms with Gasteiger partial charge in [0, 0.05) is 44.4 Å². The van der Waals surface area contributed by atoms with Crippen molar-refractivity contribution in [1.29, 1.82) is 0 Å². The van der Waals surface area contributed by atoms with E-state index in [4.69, 9.17) is 16.3 Å². The van der Waals surface area contributed by atoms with Crippen LogP contribution in [0.5, 0.6) is 5.75 Å². The summed E-state index contributed by atoms with van der Waals surface area (Å²) in [6.07, 6.45) is 3.30. The fourth-order valence-corrected chi connectivity index (χ4v) is 2.99. The highest BCUT2D eigenvalue weighted by Gasteiger charge is 2.26. The number of anilines is 1. The van der Waals surface area contributed by atoms with Crippen LogP contribution in [0.3, 0.4) is 0 Å². The van der Waals surface area contributed by atoms with E-state index in [1.165, 1.54) is 0 Å². The topological polar surface area (TPSA) is 50.6 Å². The van der Waals surface area contributed by atoms with E-state index in [-0.39, 0.29) is 5.91 Å². The van der Waals surface area contributed by atoms with Gasteiger partial charge in [0.2, 0.25) is 0 Å². The van der Waals surface area contributed by atoms with E-state index in [1.807, 2.05) is 30.4 Å². The van der Waals surface area contributed by atoms with E-state index >= 15 is 0 Å². The lowest BCUT2D eigenvalue weighted by atomic mass is 10.2. The van der Waals surface area contributed by atoms with Gasteiger partial charge in [-0.2, -0.15) is 5.10 Å². The summed E-state index contributed by atoms with van der Waals surface area (Å²) in [5, 5.41) is 4.79. The zero-order chi connectivity index (χ0) is 17.1. The number of ether oxygens (including phenoxy) is 1. The molecule has 1 fully saturated rings. The fraction of sp³-hybridized carbons (Fsp3) is 0.412. The molecule has 0 N–H and O–H groups in total. The maximum atomic E-state index is 12.6. The standard InChI is InChI=1S/C17H21ClN4O2/c1-13(24-16-5-3-4-14(18)10-16)17(23)22-8-6-21(7-9-22)15-11-19-20(2)12-15/h3-5,10-13H,6-9H2,1-2H3/t13-/m0/s1. The summed E-state index contributed by atoms with van der Waals surface area (Å²) >= 11 is 5.94. The molecule has 2 aromatic rings. The van der Waals surface area contributed by atoms with Gasteiger partial charge in [0.15, 0.2) is 6.10 Å². The van der Waals surface area contributed by atoms with E-state index in [1.54, 1.807) is 29.8 Å². The van der Waals surface area contributed by atoms with Gasteiger partial charge in [0.05, 0.1) is 11.9 Å². The second-order valence-corrected chi connectivity index (χ2v) is 6.34. The average molecular weight is 349 g/mol. The number of rotatable bonds is 4. The minimum atomic E-state index is -0.534. The number of carbonyl (C=O) groups is 1. The third-order valence-corrected chi connectivity index (χ3v) is 4.34. The van der Waals surface area contributed by atoms with Gasteiger partial charge in [0.25, 0.3) is 5.91 Å². The minimum Gasteiger partial charge on any atom is -0.481 e. The van der Waals surface area contributed by atoms with Crippen molar-refractivity contribution < 1.29 is 9.53 Å². The van der Waals surface area contributed by atoms with Gasteiger partial charge in [-0.1, -0.05) is 17.7 Å². The molecule has 7 heteroatoms. The smallest absolute Gasteiger partial charge is 0.263 e. The van der Waals surface area contributed by atoms with Crippen molar-refractivity contribution in [3.63, 3.8) is 0 Å². The molecular formula is C17H21ClN4O2. The highest BCUT2D eigenvalue weighted by Crippen LogP contribution is 2.20. The molecule has 24 heavy (non-hydrogen) atoms. The molecule has 6 nitrogen and oxygen atoms in total. The highest BCUT2D eigenvalue weighted by molar-refractivity contribution is 6.30. The fourth-order valence-electron chi connectivity index (χ4n) is 2.81. The van der Waals surface area contributed by atoms with Crippen LogP contribution in [0.15, 0.2) is 36.7 Å². The Hall–Kier alpha value is -2.21. The molecule has 1 atom stereocenters. The molecule has 1 aromatic carbocycles. The Morgan fingerprint density at radius 2 is 2.04 bits per heavy atom. The molecule has 0 unspecified atom stereocenters. The lowest BCUT2D eigenvalue weighted by Crippen LogP contribution is -2.52. The summed E-state index contributed by atoms with van der Waals surface area (Å²) < 4.78 is 7.51. The molecule has 1 aromatic heterocycles. The number of hydrogen-bond donors (Lipinski definition) is 0. The van der Waals surface area contributed by atoms with Crippen LogP contribution in [0.2, 0.25) is 5.02 Å². The van der Waals surface area contributed by atoms with E-state index in [2.05, 4.69) is 10.00 Å². The van der Waals surface area contributed by atoms with Gasteiger partial charge in [0.1, 0.15) is 5.75 Å². The predicted molar refractivity (Wildman–Crippen MR) is 93.5 cm³/mol. The van der Waals surface area contributed by atoms with Crippen LogP contribution in [0.4, 0.5) is 5.69 Å². The van der Waals surface area contributed by atoms with Gasteiger partial charge < -0.3 is 14.5 Å². The molecule has 0 aliphatic carbocycles. The van der Waals surface area contributed by atoms with Gasteiger partial charge >= 0.3 is 0 Å². The number of piperazine rings is 1. The van der Waals surface area contributed by atoms with Crippen LogP contribution < -0.4 is 9.64 Å². The Balaban J connectivity index is 1.54. The number of carbonyl (C=O) groups excluding carboxylic acids is 1. The lowest BCUT2D eigenvalue weighted by Gasteiger charge is -2.36. The number of amides is 1. The monoisotopic (exact) mass is 348 g/mol. The van der Waals surface area contributed by atoms with E-state index in [9.17, 15) is 4.79 Å². The second-order valence-electron chi connectivity index (χ2n) is 5.90.